The van der Waals surface area contributed by atoms with Crippen LogP contribution in [-0.2, 0) is 4.79 Å². The Hall–Kier alpha value is -2.48. The summed E-state index contributed by atoms with van der Waals surface area (Å²) in [6.07, 6.45) is 1.47. The molecule has 5 nitrogen and oxygen atoms in total. The number of nitriles is 1. The van der Waals surface area contributed by atoms with Gasteiger partial charge in [-0.1, -0.05) is 6.07 Å². The lowest BCUT2D eigenvalue weighted by atomic mass is 10.2. The highest BCUT2D eigenvalue weighted by Gasteiger charge is 2.12. The first kappa shape index (κ1) is 14.6. The molecule has 0 unspecified atom stereocenters. The Morgan fingerprint density at radius 3 is 2.68 bits per heavy atom. The molecule has 1 rings (SSSR count). The van der Waals surface area contributed by atoms with Crippen LogP contribution in [0.5, 0.6) is 5.75 Å². The van der Waals surface area contributed by atoms with E-state index in [9.17, 15) is 4.79 Å². The molecule has 0 bridgehead atoms. The van der Waals surface area contributed by atoms with Crippen LogP contribution in [0.15, 0.2) is 30.0 Å². The molecule has 0 spiro atoms. The van der Waals surface area contributed by atoms with Gasteiger partial charge in [0.15, 0.2) is 0 Å². The van der Waals surface area contributed by atoms with E-state index >= 15 is 0 Å². The van der Waals surface area contributed by atoms with Crippen molar-refractivity contribution in [3.05, 3.63) is 35.5 Å². The number of benzene rings is 1. The van der Waals surface area contributed by atoms with Crippen molar-refractivity contribution in [3.8, 4) is 11.8 Å². The standard InChI is InChI=1S/C14H17N3O2/c1-10-5-6-13(19-4)12(7-10)16-14(18)11(8-15)9-17(2)3/h5-7,9H,1-4H3,(H,16,18)/b11-9+. The van der Waals surface area contributed by atoms with Gasteiger partial charge in [0.05, 0.1) is 12.8 Å². The Kier molecular flexibility index (Phi) is 4.95. The van der Waals surface area contributed by atoms with Crippen LogP contribution < -0.4 is 10.1 Å². The Bertz CT molecular complexity index is 542. The minimum absolute atomic E-state index is 0.0357. The number of hydrogen-bond acceptors (Lipinski definition) is 4. The molecule has 19 heavy (non-hydrogen) atoms. The molecule has 0 fully saturated rings. The fourth-order valence-electron chi connectivity index (χ4n) is 1.51. The SMILES string of the molecule is COc1ccc(C)cc1NC(=O)/C(C#N)=C/N(C)C. The molecule has 0 radical (unpaired) electrons. The number of nitrogens with zero attached hydrogens (tertiary/aromatic N) is 2. The molecule has 0 aliphatic heterocycles. The predicted octanol–water partition coefficient (Wildman–Crippen LogP) is 1.91. The van der Waals surface area contributed by atoms with E-state index < -0.39 is 5.91 Å². The first-order chi connectivity index (χ1) is 8.97. The number of ether oxygens (including phenoxy) is 1. The summed E-state index contributed by atoms with van der Waals surface area (Å²) in [5, 5.41) is 11.6. The van der Waals surface area contributed by atoms with Crippen LogP contribution in [0.2, 0.25) is 0 Å². The monoisotopic (exact) mass is 259 g/mol. The smallest absolute Gasteiger partial charge is 0.267 e. The van der Waals surface area contributed by atoms with Crippen molar-refractivity contribution in [2.45, 2.75) is 6.92 Å². The lowest BCUT2D eigenvalue weighted by Crippen LogP contribution is -2.16. The predicted molar refractivity (Wildman–Crippen MR) is 73.7 cm³/mol. The molecule has 1 aromatic rings. The topological polar surface area (TPSA) is 65.4 Å². The van der Waals surface area contributed by atoms with Gasteiger partial charge in [-0.15, -0.1) is 0 Å². The molecule has 0 atom stereocenters. The average molecular weight is 259 g/mol. The van der Waals surface area contributed by atoms with E-state index in [4.69, 9.17) is 10.00 Å². The second-order valence-corrected chi connectivity index (χ2v) is 4.28. The van der Waals surface area contributed by atoms with E-state index in [0.717, 1.165) is 5.56 Å². The molecule has 0 heterocycles. The molecule has 0 aromatic heterocycles. The number of carbonyl (C=O) groups is 1. The zero-order chi connectivity index (χ0) is 14.4. The highest BCUT2D eigenvalue weighted by Crippen LogP contribution is 2.25. The molecule has 1 N–H and O–H groups in total. The van der Waals surface area contributed by atoms with Crippen molar-refractivity contribution in [1.29, 1.82) is 5.26 Å². The Morgan fingerprint density at radius 2 is 2.16 bits per heavy atom. The van der Waals surface area contributed by atoms with Gasteiger partial charge < -0.3 is 15.0 Å². The van der Waals surface area contributed by atoms with Crippen LogP contribution in [0.25, 0.3) is 0 Å². The maximum absolute atomic E-state index is 12.0. The van der Waals surface area contributed by atoms with E-state index in [1.807, 2.05) is 19.1 Å². The molecular formula is C14H17N3O2. The van der Waals surface area contributed by atoms with Crippen molar-refractivity contribution < 1.29 is 9.53 Å². The summed E-state index contributed by atoms with van der Waals surface area (Å²) in [4.78, 5) is 13.6. The number of anilines is 1. The Morgan fingerprint density at radius 1 is 1.47 bits per heavy atom. The second kappa shape index (κ2) is 6.45. The van der Waals surface area contributed by atoms with E-state index in [2.05, 4.69) is 5.32 Å². The van der Waals surface area contributed by atoms with Crippen molar-refractivity contribution in [3.63, 3.8) is 0 Å². The first-order valence-corrected chi connectivity index (χ1v) is 5.72. The summed E-state index contributed by atoms with van der Waals surface area (Å²) in [7, 11) is 5.02. The summed E-state index contributed by atoms with van der Waals surface area (Å²) in [5.41, 5.74) is 1.58. The maximum atomic E-state index is 12.0. The quantitative estimate of drug-likeness (QED) is 0.662. The third kappa shape index (κ3) is 4.03. The van der Waals surface area contributed by atoms with Crippen LogP contribution in [0, 0.1) is 18.3 Å². The highest BCUT2D eigenvalue weighted by atomic mass is 16.5. The summed E-state index contributed by atoms with van der Waals surface area (Å²) >= 11 is 0. The minimum Gasteiger partial charge on any atom is -0.495 e. The zero-order valence-electron chi connectivity index (χ0n) is 11.5. The van der Waals surface area contributed by atoms with Crippen LogP contribution in [0.4, 0.5) is 5.69 Å². The van der Waals surface area contributed by atoms with E-state index in [-0.39, 0.29) is 5.57 Å². The molecule has 100 valence electrons. The summed E-state index contributed by atoms with van der Waals surface area (Å²) in [5.74, 6) is 0.0983. The number of methoxy groups -OCH3 is 1. The fraction of sp³-hybridized carbons (Fsp3) is 0.286. The Labute approximate surface area is 113 Å². The summed E-state index contributed by atoms with van der Waals surface area (Å²) in [6.45, 7) is 1.91. The average Bonchev–Trinajstić information content (AvgIpc) is 2.35. The Balaban J connectivity index is 3.00. The number of nitrogens with one attached hydrogen (secondary N) is 1. The number of rotatable bonds is 4. The molecule has 0 aliphatic carbocycles. The molecule has 0 saturated heterocycles. The molecule has 1 amide bonds. The van der Waals surface area contributed by atoms with Crippen LogP contribution in [-0.4, -0.2) is 32.0 Å². The normalized spacial score (nSPS) is 10.6. The largest absolute Gasteiger partial charge is 0.495 e. The van der Waals surface area contributed by atoms with Crippen LogP contribution >= 0.6 is 0 Å². The van der Waals surface area contributed by atoms with Crippen molar-refractivity contribution >= 4 is 11.6 Å². The van der Waals surface area contributed by atoms with Gasteiger partial charge in [0.1, 0.15) is 17.4 Å². The molecule has 1 aromatic carbocycles. The minimum atomic E-state index is -0.458. The van der Waals surface area contributed by atoms with Gasteiger partial charge >= 0.3 is 0 Å². The maximum Gasteiger partial charge on any atom is 0.267 e. The van der Waals surface area contributed by atoms with Crippen LogP contribution in [0.3, 0.4) is 0 Å². The third-order valence-electron chi connectivity index (χ3n) is 2.36. The van der Waals surface area contributed by atoms with Gasteiger partial charge in [-0.3, -0.25) is 4.79 Å². The molecule has 0 aliphatic rings. The van der Waals surface area contributed by atoms with Gasteiger partial charge in [0.25, 0.3) is 5.91 Å². The summed E-state index contributed by atoms with van der Waals surface area (Å²) in [6, 6.07) is 7.32. The van der Waals surface area contributed by atoms with Crippen molar-refractivity contribution in [2.24, 2.45) is 0 Å². The highest BCUT2D eigenvalue weighted by molar-refractivity contribution is 6.07. The third-order valence-corrected chi connectivity index (χ3v) is 2.36. The second-order valence-electron chi connectivity index (χ2n) is 4.28. The van der Waals surface area contributed by atoms with Crippen LogP contribution in [0.1, 0.15) is 5.56 Å². The van der Waals surface area contributed by atoms with Crippen molar-refractivity contribution in [2.75, 3.05) is 26.5 Å². The van der Waals surface area contributed by atoms with Gasteiger partial charge in [-0.2, -0.15) is 5.26 Å². The molecule has 5 heteroatoms. The van der Waals surface area contributed by atoms with Crippen molar-refractivity contribution in [1.82, 2.24) is 4.90 Å². The van der Waals surface area contributed by atoms with E-state index in [1.54, 1.807) is 31.1 Å². The van der Waals surface area contributed by atoms with Gasteiger partial charge in [-0.25, -0.2) is 0 Å². The molecule has 0 saturated carbocycles. The number of aryl methyl sites for hydroxylation is 1. The number of carbonyl (C=O) groups excluding carboxylic acids is 1. The summed E-state index contributed by atoms with van der Waals surface area (Å²) < 4.78 is 5.17. The van der Waals surface area contributed by atoms with Gasteiger partial charge in [0, 0.05) is 20.3 Å². The number of hydrogen-bond donors (Lipinski definition) is 1. The zero-order valence-corrected chi connectivity index (χ0v) is 11.5. The lowest BCUT2D eigenvalue weighted by Gasteiger charge is -2.11. The van der Waals surface area contributed by atoms with Gasteiger partial charge in [0.2, 0.25) is 0 Å². The fourth-order valence-corrected chi connectivity index (χ4v) is 1.51. The number of amides is 1. The lowest BCUT2D eigenvalue weighted by molar-refractivity contribution is -0.112. The van der Waals surface area contributed by atoms with Gasteiger partial charge in [-0.05, 0) is 24.6 Å². The van der Waals surface area contributed by atoms with E-state index in [0.29, 0.717) is 11.4 Å². The molecular weight excluding hydrogens is 242 g/mol. The van der Waals surface area contributed by atoms with E-state index in [1.165, 1.54) is 13.3 Å². The first-order valence-electron chi connectivity index (χ1n) is 5.72.